The maximum atomic E-state index is 12.4. The number of thioether (sulfide) groups is 1. The summed E-state index contributed by atoms with van der Waals surface area (Å²) in [6.07, 6.45) is 3.08. The number of esters is 1. The van der Waals surface area contributed by atoms with Crippen molar-refractivity contribution < 1.29 is 19.1 Å². The Kier molecular flexibility index (Phi) is 7.28. The van der Waals surface area contributed by atoms with Gasteiger partial charge in [-0.1, -0.05) is 11.8 Å². The lowest BCUT2D eigenvalue weighted by Crippen LogP contribution is -2.14. The lowest BCUT2D eigenvalue weighted by atomic mass is 10.2. The number of anilines is 1. The summed E-state index contributed by atoms with van der Waals surface area (Å²) in [5.41, 5.74) is 2.34. The molecule has 172 valence electrons. The molecule has 0 radical (unpaired) electrons. The van der Waals surface area contributed by atoms with Crippen molar-refractivity contribution in [3.05, 3.63) is 66.6 Å². The van der Waals surface area contributed by atoms with Crippen LogP contribution in [0.2, 0.25) is 0 Å². The van der Waals surface area contributed by atoms with Gasteiger partial charge in [0.05, 0.1) is 30.4 Å². The topological polar surface area (TPSA) is 116 Å². The Morgan fingerprint density at radius 2 is 1.76 bits per heavy atom. The van der Waals surface area contributed by atoms with Crippen molar-refractivity contribution in [1.29, 1.82) is 0 Å². The smallest absolute Gasteiger partial charge is 0.338 e. The summed E-state index contributed by atoms with van der Waals surface area (Å²) in [6.45, 7) is 2.05. The van der Waals surface area contributed by atoms with Crippen LogP contribution in [-0.2, 0) is 9.53 Å². The molecule has 1 amide bonds. The number of carbonyl (C=O) groups is 2. The van der Waals surface area contributed by atoms with Crippen LogP contribution in [0, 0.1) is 0 Å². The fourth-order valence-corrected chi connectivity index (χ4v) is 3.82. The SMILES string of the molecule is CCOC(=O)c1ccc(NC(=O)CSc2ncnc3nc(-c4ccc(OC)cc4)ncc23)cc1. The quantitative estimate of drug-likeness (QED) is 0.229. The van der Waals surface area contributed by atoms with Crippen LogP contribution < -0.4 is 10.1 Å². The Morgan fingerprint density at radius 3 is 2.47 bits per heavy atom. The molecule has 10 heteroatoms. The van der Waals surface area contributed by atoms with Gasteiger partial charge in [0.25, 0.3) is 0 Å². The Morgan fingerprint density at radius 1 is 1.00 bits per heavy atom. The second-order valence-electron chi connectivity index (χ2n) is 6.97. The van der Waals surface area contributed by atoms with Gasteiger partial charge in [-0.2, -0.15) is 0 Å². The Hall–Kier alpha value is -4.05. The molecule has 1 N–H and O–H groups in total. The largest absolute Gasteiger partial charge is 0.497 e. The molecule has 0 saturated carbocycles. The van der Waals surface area contributed by atoms with E-state index in [1.807, 2.05) is 24.3 Å². The van der Waals surface area contributed by atoms with Crippen LogP contribution in [-0.4, -0.2) is 51.3 Å². The minimum Gasteiger partial charge on any atom is -0.497 e. The highest BCUT2D eigenvalue weighted by Gasteiger charge is 2.12. The third-order valence-electron chi connectivity index (χ3n) is 4.72. The molecule has 4 rings (SSSR count). The van der Waals surface area contributed by atoms with Crippen molar-refractivity contribution in [2.45, 2.75) is 11.9 Å². The number of carbonyl (C=O) groups excluding carboxylic acids is 2. The van der Waals surface area contributed by atoms with Gasteiger partial charge in [0, 0.05) is 17.4 Å². The van der Waals surface area contributed by atoms with Crippen molar-refractivity contribution >= 4 is 40.4 Å². The van der Waals surface area contributed by atoms with Crippen molar-refractivity contribution in [1.82, 2.24) is 19.9 Å². The van der Waals surface area contributed by atoms with Gasteiger partial charge < -0.3 is 14.8 Å². The van der Waals surface area contributed by atoms with Crippen LogP contribution >= 0.6 is 11.8 Å². The van der Waals surface area contributed by atoms with Gasteiger partial charge in [0.15, 0.2) is 11.5 Å². The minimum absolute atomic E-state index is 0.131. The molecule has 0 spiro atoms. The third-order valence-corrected chi connectivity index (χ3v) is 5.73. The van der Waals surface area contributed by atoms with Crippen LogP contribution in [0.1, 0.15) is 17.3 Å². The fourth-order valence-electron chi connectivity index (χ4n) is 3.06. The van der Waals surface area contributed by atoms with Crippen LogP contribution in [0.4, 0.5) is 5.69 Å². The lowest BCUT2D eigenvalue weighted by Gasteiger charge is -2.08. The summed E-state index contributed by atoms with van der Waals surface area (Å²) in [7, 11) is 1.61. The van der Waals surface area contributed by atoms with Crippen molar-refractivity contribution in [3.8, 4) is 17.1 Å². The van der Waals surface area contributed by atoms with E-state index < -0.39 is 5.97 Å². The first-order valence-corrected chi connectivity index (χ1v) is 11.4. The lowest BCUT2D eigenvalue weighted by molar-refractivity contribution is -0.113. The van der Waals surface area contributed by atoms with Crippen molar-refractivity contribution in [3.63, 3.8) is 0 Å². The summed E-state index contributed by atoms with van der Waals surface area (Å²) < 4.78 is 10.1. The molecule has 0 aliphatic rings. The molecule has 0 unspecified atom stereocenters. The Bertz CT molecular complexity index is 1310. The maximum Gasteiger partial charge on any atom is 0.338 e. The van der Waals surface area contributed by atoms with Gasteiger partial charge in [0.1, 0.15) is 17.1 Å². The molecule has 2 aromatic carbocycles. The van der Waals surface area contributed by atoms with E-state index in [1.54, 1.807) is 44.5 Å². The van der Waals surface area contributed by atoms with Crippen LogP contribution in [0.15, 0.2) is 66.1 Å². The predicted molar refractivity (Wildman–Crippen MR) is 129 cm³/mol. The average molecular weight is 476 g/mol. The van der Waals surface area contributed by atoms with E-state index in [1.165, 1.54) is 18.1 Å². The number of benzene rings is 2. The zero-order valence-electron chi connectivity index (χ0n) is 18.5. The molecule has 0 saturated heterocycles. The van der Waals surface area contributed by atoms with E-state index in [2.05, 4.69) is 25.3 Å². The van der Waals surface area contributed by atoms with Crippen LogP contribution in [0.25, 0.3) is 22.4 Å². The number of methoxy groups -OCH3 is 1. The molecule has 9 nitrogen and oxygen atoms in total. The van der Waals surface area contributed by atoms with Gasteiger partial charge in [-0.15, -0.1) is 0 Å². The summed E-state index contributed by atoms with van der Waals surface area (Å²) in [5, 5.41) is 4.08. The van der Waals surface area contributed by atoms with E-state index in [-0.39, 0.29) is 11.7 Å². The highest BCUT2D eigenvalue weighted by atomic mass is 32.2. The molecular weight excluding hydrogens is 454 g/mol. The normalized spacial score (nSPS) is 10.6. The van der Waals surface area contributed by atoms with Gasteiger partial charge in [-0.25, -0.2) is 24.7 Å². The molecule has 2 aromatic heterocycles. The average Bonchev–Trinajstić information content (AvgIpc) is 2.87. The molecule has 34 heavy (non-hydrogen) atoms. The van der Waals surface area contributed by atoms with Gasteiger partial charge in [-0.05, 0) is 55.5 Å². The van der Waals surface area contributed by atoms with Gasteiger partial charge in [-0.3, -0.25) is 4.79 Å². The summed E-state index contributed by atoms with van der Waals surface area (Å²) >= 11 is 1.26. The van der Waals surface area contributed by atoms with E-state index in [9.17, 15) is 9.59 Å². The molecule has 2 heterocycles. The van der Waals surface area contributed by atoms with Gasteiger partial charge >= 0.3 is 5.97 Å². The first-order chi connectivity index (χ1) is 16.6. The highest BCUT2D eigenvalue weighted by molar-refractivity contribution is 8.00. The number of nitrogens with zero attached hydrogens (tertiary/aromatic N) is 4. The molecule has 0 atom stereocenters. The van der Waals surface area contributed by atoms with E-state index in [0.717, 1.165) is 11.3 Å². The highest BCUT2D eigenvalue weighted by Crippen LogP contribution is 2.26. The number of aromatic nitrogens is 4. The molecule has 4 aromatic rings. The number of fused-ring (bicyclic) bond motifs is 1. The summed E-state index contributed by atoms with van der Waals surface area (Å²) in [5.74, 6) is 0.805. The monoisotopic (exact) mass is 475 g/mol. The second kappa shape index (κ2) is 10.7. The molecule has 0 bridgehead atoms. The fraction of sp³-hybridized carbons (Fsp3) is 0.167. The zero-order valence-corrected chi connectivity index (χ0v) is 19.3. The molecular formula is C24H21N5O4S. The van der Waals surface area contributed by atoms with E-state index in [0.29, 0.717) is 39.7 Å². The summed E-state index contributed by atoms with van der Waals surface area (Å²) in [4.78, 5) is 41.7. The Balaban J connectivity index is 1.41. The molecule has 0 aliphatic carbocycles. The first kappa shape index (κ1) is 23.1. The summed E-state index contributed by atoms with van der Waals surface area (Å²) in [6, 6.07) is 14.0. The van der Waals surface area contributed by atoms with Crippen molar-refractivity contribution in [2.24, 2.45) is 0 Å². The minimum atomic E-state index is -0.399. The van der Waals surface area contributed by atoms with E-state index in [4.69, 9.17) is 9.47 Å². The number of nitrogens with one attached hydrogen (secondary N) is 1. The molecule has 0 fully saturated rings. The standard InChI is InChI=1S/C24H21N5O4S/c1-3-33-24(31)16-4-8-17(9-5-16)28-20(30)13-34-23-19-12-25-21(29-22(19)26-14-27-23)15-6-10-18(32-2)11-7-15/h4-12,14H,3,13H2,1-2H3,(H,28,30). The number of hydrogen-bond donors (Lipinski definition) is 1. The van der Waals surface area contributed by atoms with E-state index >= 15 is 0 Å². The number of amides is 1. The maximum absolute atomic E-state index is 12.4. The first-order valence-electron chi connectivity index (χ1n) is 10.4. The van der Waals surface area contributed by atoms with Gasteiger partial charge in [0.2, 0.25) is 5.91 Å². The molecule has 0 aliphatic heterocycles. The van der Waals surface area contributed by atoms with Crippen LogP contribution in [0.5, 0.6) is 5.75 Å². The van der Waals surface area contributed by atoms with Crippen molar-refractivity contribution in [2.75, 3.05) is 24.8 Å². The van der Waals surface area contributed by atoms with Crippen LogP contribution in [0.3, 0.4) is 0 Å². The number of rotatable bonds is 8. The second-order valence-corrected chi connectivity index (χ2v) is 7.94. The third kappa shape index (κ3) is 5.46. The zero-order chi connectivity index (χ0) is 23.9. The number of hydrogen-bond acceptors (Lipinski definition) is 9. The predicted octanol–water partition coefficient (Wildman–Crippen LogP) is 4.00. The Labute approximate surface area is 200 Å². The number of ether oxygens (including phenoxy) is 2.